The Morgan fingerprint density at radius 3 is 2.63 bits per heavy atom. The molecule has 0 bridgehead atoms. The normalized spacial score (nSPS) is 13.7. The molecule has 156 valence electrons. The summed E-state index contributed by atoms with van der Waals surface area (Å²) in [5.41, 5.74) is 1.57. The Bertz CT molecular complexity index is 1180. The summed E-state index contributed by atoms with van der Waals surface area (Å²) in [6, 6.07) is 15.7. The van der Waals surface area contributed by atoms with Gasteiger partial charge in [-0.15, -0.1) is 0 Å². The van der Waals surface area contributed by atoms with E-state index in [1.165, 1.54) is 6.26 Å². The highest BCUT2D eigenvalue weighted by molar-refractivity contribution is 9.10. The van der Waals surface area contributed by atoms with Gasteiger partial charge in [0.05, 0.1) is 4.90 Å². The lowest BCUT2D eigenvalue weighted by atomic mass is 10.0. The Kier molecular flexibility index (Phi) is 5.71. The van der Waals surface area contributed by atoms with Gasteiger partial charge in [0.15, 0.2) is 15.6 Å². The van der Waals surface area contributed by atoms with E-state index < -0.39 is 9.84 Å². The van der Waals surface area contributed by atoms with Crippen LogP contribution in [0.15, 0.2) is 68.4 Å². The summed E-state index contributed by atoms with van der Waals surface area (Å²) in [4.78, 5) is 14.9. The fourth-order valence-corrected chi connectivity index (χ4v) is 4.34. The molecule has 2 aromatic carbocycles. The summed E-state index contributed by atoms with van der Waals surface area (Å²) in [7, 11) is -3.29. The first kappa shape index (κ1) is 20.7. The van der Waals surface area contributed by atoms with Crippen LogP contribution < -0.4 is 9.64 Å². The number of benzene rings is 2. The number of carbonyl (C=O) groups excluding carboxylic acids is 1. The van der Waals surface area contributed by atoms with Crippen molar-refractivity contribution in [1.29, 1.82) is 0 Å². The van der Waals surface area contributed by atoms with E-state index in [2.05, 4.69) is 15.9 Å². The van der Waals surface area contributed by atoms with E-state index in [4.69, 9.17) is 9.15 Å². The molecule has 0 aliphatic carbocycles. The van der Waals surface area contributed by atoms with Gasteiger partial charge < -0.3 is 14.1 Å². The Balaban J connectivity index is 1.50. The molecule has 0 saturated heterocycles. The number of aryl methyl sites for hydroxylation is 1. The van der Waals surface area contributed by atoms with Gasteiger partial charge in [0, 0.05) is 23.0 Å². The zero-order chi connectivity index (χ0) is 21.3. The van der Waals surface area contributed by atoms with Crippen molar-refractivity contribution in [2.75, 3.05) is 17.7 Å². The van der Waals surface area contributed by atoms with Crippen LogP contribution >= 0.6 is 15.9 Å². The smallest absolute Gasteiger partial charge is 0.293 e. The molecular formula is C22H20BrNO5S. The van der Waals surface area contributed by atoms with Crippen LogP contribution in [0.4, 0.5) is 5.69 Å². The molecule has 6 nitrogen and oxygen atoms in total. The molecule has 30 heavy (non-hydrogen) atoms. The molecule has 0 radical (unpaired) electrons. The minimum atomic E-state index is -3.29. The molecule has 1 aliphatic heterocycles. The summed E-state index contributed by atoms with van der Waals surface area (Å²) in [6.07, 6.45) is 2.67. The molecule has 8 heteroatoms. The van der Waals surface area contributed by atoms with E-state index in [1.807, 2.05) is 24.3 Å². The van der Waals surface area contributed by atoms with E-state index in [1.54, 1.807) is 35.2 Å². The average molecular weight is 490 g/mol. The second-order valence-electron chi connectivity index (χ2n) is 7.13. The minimum Gasteiger partial charge on any atom is -0.486 e. The molecule has 0 saturated carbocycles. The van der Waals surface area contributed by atoms with E-state index in [9.17, 15) is 13.2 Å². The van der Waals surface area contributed by atoms with Gasteiger partial charge in [-0.05, 0) is 73.0 Å². The highest BCUT2D eigenvalue weighted by atomic mass is 79.9. The van der Waals surface area contributed by atoms with Gasteiger partial charge in [-0.2, -0.15) is 0 Å². The number of ether oxygens (including phenoxy) is 1. The van der Waals surface area contributed by atoms with Gasteiger partial charge in [0.2, 0.25) is 0 Å². The second-order valence-corrected chi connectivity index (χ2v) is 10.1. The molecule has 0 fully saturated rings. The predicted octanol–water partition coefficient (Wildman–Crippen LogP) is 4.62. The SMILES string of the molecule is CS(=O)(=O)c1ccc2c(c1)CCCN2C(=O)c1ccc(COc2ccc(Br)cc2)o1. The summed E-state index contributed by atoms with van der Waals surface area (Å²) in [5, 5.41) is 0. The summed E-state index contributed by atoms with van der Waals surface area (Å²) < 4.78 is 36.0. The van der Waals surface area contributed by atoms with Gasteiger partial charge in [-0.3, -0.25) is 4.79 Å². The second kappa shape index (κ2) is 8.28. The lowest BCUT2D eigenvalue weighted by Crippen LogP contribution is -2.35. The topological polar surface area (TPSA) is 76.8 Å². The molecule has 4 rings (SSSR count). The zero-order valence-electron chi connectivity index (χ0n) is 16.3. The Hall–Kier alpha value is -2.58. The van der Waals surface area contributed by atoms with Crippen LogP contribution in [0.5, 0.6) is 5.75 Å². The van der Waals surface area contributed by atoms with Crippen molar-refractivity contribution in [1.82, 2.24) is 0 Å². The number of sulfone groups is 1. The first-order valence-corrected chi connectivity index (χ1v) is 12.1. The monoisotopic (exact) mass is 489 g/mol. The van der Waals surface area contributed by atoms with Crippen molar-refractivity contribution in [2.45, 2.75) is 24.3 Å². The third kappa shape index (κ3) is 4.44. The lowest BCUT2D eigenvalue weighted by Gasteiger charge is -2.29. The summed E-state index contributed by atoms with van der Waals surface area (Å²) in [6.45, 7) is 0.763. The zero-order valence-corrected chi connectivity index (χ0v) is 18.7. The quantitative estimate of drug-likeness (QED) is 0.522. The fraction of sp³-hybridized carbons (Fsp3) is 0.227. The van der Waals surface area contributed by atoms with Crippen molar-refractivity contribution >= 4 is 37.4 Å². The van der Waals surface area contributed by atoms with Crippen molar-refractivity contribution < 1.29 is 22.4 Å². The van der Waals surface area contributed by atoms with E-state index in [0.717, 1.165) is 28.6 Å². The number of carbonyl (C=O) groups is 1. The molecule has 0 atom stereocenters. The molecule has 1 aromatic heterocycles. The van der Waals surface area contributed by atoms with Gasteiger partial charge >= 0.3 is 0 Å². The summed E-state index contributed by atoms with van der Waals surface area (Å²) in [5.74, 6) is 1.22. The van der Waals surface area contributed by atoms with Gasteiger partial charge in [-0.1, -0.05) is 15.9 Å². The number of fused-ring (bicyclic) bond motifs is 1. The molecule has 0 N–H and O–H groups in total. The third-order valence-electron chi connectivity index (χ3n) is 4.91. The van der Waals surface area contributed by atoms with Crippen LogP contribution in [-0.4, -0.2) is 27.1 Å². The van der Waals surface area contributed by atoms with Crippen LogP contribution in [0.25, 0.3) is 0 Å². The molecule has 1 amide bonds. The van der Waals surface area contributed by atoms with Crippen LogP contribution in [0.3, 0.4) is 0 Å². The summed E-state index contributed by atoms with van der Waals surface area (Å²) >= 11 is 3.38. The highest BCUT2D eigenvalue weighted by Crippen LogP contribution is 2.31. The number of halogens is 1. The van der Waals surface area contributed by atoms with Crippen molar-refractivity contribution in [3.63, 3.8) is 0 Å². The Morgan fingerprint density at radius 2 is 1.90 bits per heavy atom. The fourth-order valence-electron chi connectivity index (χ4n) is 3.40. The van der Waals surface area contributed by atoms with E-state index >= 15 is 0 Å². The largest absolute Gasteiger partial charge is 0.486 e. The number of hydrogen-bond acceptors (Lipinski definition) is 5. The minimum absolute atomic E-state index is 0.212. The van der Waals surface area contributed by atoms with Crippen LogP contribution in [0.1, 0.15) is 28.3 Å². The van der Waals surface area contributed by atoms with Gasteiger partial charge in [0.1, 0.15) is 18.1 Å². The predicted molar refractivity (Wildman–Crippen MR) is 117 cm³/mol. The van der Waals surface area contributed by atoms with Crippen molar-refractivity contribution in [3.8, 4) is 5.75 Å². The number of anilines is 1. The van der Waals surface area contributed by atoms with Gasteiger partial charge in [-0.25, -0.2) is 8.42 Å². The van der Waals surface area contributed by atoms with Crippen molar-refractivity contribution in [2.24, 2.45) is 0 Å². The lowest BCUT2D eigenvalue weighted by molar-refractivity contribution is 0.0954. The Labute approximate surface area is 183 Å². The van der Waals surface area contributed by atoms with Crippen molar-refractivity contribution in [3.05, 3.63) is 76.2 Å². The standard InChI is InChI=1S/C22H20BrNO5S/c1-30(26,27)19-9-10-20-15(13-19)3-2-12-24(20)22(25)21-11-8-18(29-21)14-28-17-6-4-16(23)5-7-17/h4-11,13H,2-3,12,14H2,1H3. The molecule has 1 aliphatic rings. The maximum atomic E-state index is 13.0. The first-order valence-electron chi connectivity index (χ1n) is 9.43. The maximum Gasteiger partial charge on any atom is 0.293 e. The number of amides is 1. The highest BCUT2D eigenvalue weighted by Gasteiger charge is 2.26. The third-order valence-corrected chi connectivity index (χ3v) is 6.55. The van der Waals surface area contributed by atoms with E-state index in [0.29, 0.717) is 18.1 Å². The first-order chi connectivity index (χ1) is 14.3. The number of furan rings is 1. The van der Waals surface area contributed by atoms with Gasteiger partial charge in [0.25, 0.3) is 5.91 Å². The Morgan fingerprint density at radius 1 is 1.13 bits per heavy atom. The molecule has 3 aromatic rings. The van der Waals surface area contributed by atoms with E-state index in [-0.39, 0.29) is 23.2 Å². The van der Waals surface area contributed by atoms with Crippen LogP contribution in [0, 0.1) is 0 Å². The number of nitrogens with zero attached hydrogens (tertiary/aromatic N) is 1. The average Bonchev–Trinajstić information content (AvgIpc) is 3.20. The maximum absolute atomic E-state index is 13.0. The molecular weight excluding hydrogens is 470 g/mol. The van der Waals surface area contributed by atoms with Crippen LogP contribution in [0.2, 0.25) is 0 Å². The molecule has 0 spiro atoms. The number of rotatable bonds is 5. The molecule has 0 unspecified atom stereocenters. The molecule has 2 heterocycles. The van der Waals surface area contributed by atoms with Crippen LogP contribution in [-0.2, 0) is 22.9 Å². The number of hydrogen-bond donors (Lipinski definition) is 0.